The molecule has 0 bridgehead atoms. The number of rotatable bonds is 8. The van der Waals surface area contributed by atoms with Gasteiger partial charge in [0.25, 0.3) is 5.91 Å². The molecule has 0 saturated heterocycles. The lowest BCUT2D eigenvalue weighted by Gasteiger charge is -2.16. The molecule has 3 rings (SSSR count). The molecule has 0 fully saturated rings. The Labute approximate surface area is 173 Å². The SMILES string of the molecule is COC(=O)COc1cccc(C(=O)N[C@H](Cc2c[nH]c3ccccc23)C(=O)OC)c1. The molecule has 1 amide bonds. The molecule has 156 valence electrons. The summed E-state index contributed by atoms with van der Waals surface area (Å²) in [6.45, 7) is -0.271. The third kappa shape index (κ3) is 4.96. The van der Waals surface area contributed by atoms with Crippen molar-refractivity contribution in [2.24, 2.45) is 0 Å². The number of H-pyrrole nitrogens is 1. The topological polar surface area (TPSA) is 107 Å². The molecule has 1 atom stereocenters. The van der Waals surface area contributed by atoms with E-state index in [0.717, 1.165) is 16.5 Å². The Bertz CT molecular complexity index is 1060. The highest BCUT2D eigenvalue weighted by Crippen LogP contribution is 2.20. The fourth-order valence-electron chi connectivity index (χ4n) is 3.03. The van der Waals surface area contributed by atoms with Crippen molar-refractivity contribution in [1.29, 1.82) is 0 Å². The molecular weight excluding hydrogens is 388 g/mol. The maximum Gasteiger partial charge on any atom is 0.343 e. The standard InChI is InChI=1S/C22H22N2O6/c1-28-20(25)13-30-16-7-5-6-14(10-16)21(26)24-19(22(27)29-2)11-15-12-23-18-9-4-3-8-17(15)18/h3-10,12,19,23H,11,13H2,1-2H3,(H,24,26)/t19-/m1/s1. The Hall–Kier alpha value is -3.81. The van der Waals surface area contributed by atoms with Crippen molar-refractivity contribution >= 4 is 28.7 Å². The van der Waals surface area contributed by atoms with E-state index >= 15 is 0 Å². The number of ether oxygens (including phenoxy) is 3. The number of benzene rings is 2. The summed E-state index contributed by atoms with van der Waals surface area (Å²) >= 11 is 0. The van der Waals surface area contributed by atoms with Crippen LogP contribution in [0.5, 0.6) is 5.75 Å². The number of carbonyl (C=O) groups is 3. The fourth-order valence-corrected chi connectivity index (χ4v) is 3.03. The van der Waals surface area contributed by atoms with Gasteiger partial charge in [0.2, 0.25) is 0 Å². The summed E-state index contributed by atoms with van der Waals surface area (Å²) in [7, 11) is 2.54. The molecule has 2 aromatic carbocycles. The molecule has 0 spiro atoms. The number of aromatic amines is 1. The van der Waals surface area contributed by atoms with Gasteiger partial charge < -0.3 is 24.5 Å². The molecule has 0 aliphatic rings. The van der Waals surface area contributed by atoms with E-state index in [9.17, 15) is 14.4 Å². The van der Waals surface area contributed by atoms with Gasteiger partial charge in [-0.3, -0.25) is 4.79 Å². The third-order valence-electron chi connectivity index (χ3n) is 4.57. The first-order valence-corrected chi connectivity index (χ1v) is 9.25. The smallest absolute Gasteiger partial charge is 0.343 e. The summed E-state index contributed by atoms with van der Waals surface area (Å²) in [6.07, 6.45) is 2.08. The molecule has 0 aliphatic carbocycles. The minimum absolute atomic E-state index is 0.265. The van der Waals surface area contributed by atoms with Gasteiger partial charge in [0, 0.05) is 29.1 Å². The van der Waals surface area contributed by atoms with E-state index in [2.05, 4.69) is 15.0 Å². The Morgan fingerprint density at radius 1 is 1.03 bits per heavy atom. The second-order valence-electron chi connectivity index (χ2n) is 6.51. The van der Waals surface area contributed by atoms with Gasteiger partial charge >= 0.3 is 11.9 Å². The normalized spacial score (nSPS) is 11.5. The average Bonchev–Trinajstić information content (AvgIpc) is 3.19. The van der Waals surface area contributed by atoms with Gasteiger partial charge in [-0.25, -0.2) is 9.59 Å². The number of nitrogens with one attached hydrogen (secondary N) is 2. The van der Waals surface area contributed by atoms with E-state index in [1.54, 1.807) is 18.2 Å². The van der Waals surface area contributed by atoms with E-state index in [4.69, 9.17) is 9.47 Å². The van der Waals surface area contributed by atoms with E-state index < -0.39 is 23.9 Å². The number of methoxy groups -OCH3 is 2. The van der Waals surface area contributed by atoms with Crippen molar-refractivity contribution in [2.45, 2.75) is 12.5 Å². The highest BCUT2D eigenvalue weighted by atomic mass is 16.6. The molecule has 0 radical (unpaired) electrons. The van der Waals surface area contributed by atoms with Crippen LogP contribution in [0, 0.1) is 0 Å². The van der Waals surface area contributed by atoms with Crippen LogP contribution in [0.15, 0.2) is 54.7 Å². The quantitative estimate of drug-likeness (QED) is 0.552. The summed E-state index contributed by atoms with van der Waals surface area (Å²) in [5.41, 5.74) is 2.11. The first kappa shape index (κ1) is 20.9. The zero-order valence-electron chi connectivity index (χ0n) is 16.6. The van der Waals surface area contributed by atoms with Gasteiger partial charge in [0.15, 0.2) is 6.61 Å². The molecule has 2 N–H and O–H groups in total. The lowest BCUT2D eigenvalue weighted by atomic mass is 10.0. The largest absolute Gasteiger partial charge is 0.482 e. The maximum absolute atomic E-state index is 12.7. The predicted octanol–water partition coefficient (Wildman–Crippen LogP) is 2.23. The second-order valence-corrected chi connectivity index (χ2v) is 6.51. The van der Waals surface area contributed by atoms with Crippen LogP contribution in [0.25, 0.3) is 10.9 Å². The van der Waals surface area contributed by atoms with E-state index in [0.29, 0.717) is 5.75 Å². The first-order chi connectivity index (χ1) is 14.5. The summed E-state index contributed by atoms with van der Waals surface area (Å²) in [5.74, 6) is -1.21. The lowest BCUT2D eigenvalue weighted by molar-refractivity contribution is -0.143. The van der Waals surface area contributed by atoms with Gasteiger partial charge in [-0.15, -0.1) is 0 Å². The molecular formula is C22H22N2O6. The van der Waals surface area contributed by atoms with Crippen molar-refractivity contribution in [3.05, 3.63) is 65.9 Å². The monoisotopic (exact) mass is 410 g/mol. The van der Waals surface area contributed by atoms with E-state index in [1.807, 2.05) is 30.5 Å². The van der Waals surface area contributed by atoms with Crippen LogP contribution in [0.3, 0.4) is 0 Å². The van der Waals surface area contributed by atoms with Crippen molar-refractivity contribution in [3.63, 3.8) is 0 Å². The van der Waals surface area contributed by atoms with Crippen LogP contribution in [-0.2, 0) is 25.5 Å². The van der Waals surface area contributed by atoms with Gasteiger partial charge in [-0.05, 0) is 29.8 Å². The zero-order valence-corrected chi connectivity index (χ0v) is 16.6. The highest BCUT2D eigenvalue weighted by molar-refractivity contribution is 5.97. The van der Waals surface area contributed by atoms with Crippen LogP contribution in [0.1, 0.15) is 15.9 Å². The molecule has 0 aliphatic heterocycles. The Balaban J connectivity index is 1.74. The first-order valence-electron chi connectivity index (χ1n) is 9.25. The van der Waals surface area contributed by atoms with Crippen molar-refractivity contribution in [1.82, 2.24) is 10.3 Å². The van der Waals surface area contributed by atoms with E-state index in [1.165, 1.54) is 20.3 Å². The minimum Gasteiger partial charge on any atom is -0.482 e. The summed E-state index contributed by atoms with van der Waals surface area (Å²) in [5, 5.41) is 3.69. The zero-order chi connectivity index (χ0) is 21.5. The number of aromatic nitrogens is 1. The number of carbonyl (C=O) groups excluding carboxylic acids is 3. The third-order valence-corrected chi connectivity index (χ3v) is 4.57. The fraction of sp³-hybridized carbons (Fsp3) is 0.227. The lowest BCUT2D eigenvalue weighted by Crippen LogP contribution is -2.43. The van der Waals surface area contributed by atoms with Crippen LogP contribution in [0.4, 0.5) is 0 Å². The predicted molar refractivity (Wildman–Crippen MR) is 109 cm³/mol. The number of esters is 2. The van der Waals surface area contributed by atoms with Gasteiger partial charge in [0.1, 0.15) is 11.8 Å². The van der Waals surface area contributed by atoms with Crippen molar-refractivity contribution in [2.75, 3.05) is 20.8 Å². The molecule has 1 aromatic heterocycles. The molecule has 8 nitrogen and oxygen atoms in total. The van der Waals surface area contributed by atoms with Crippen LogP contribution in [0.2, 0.25) is 0 Å². The minimum atomic E-state index is -0.874. The molecule has 3 aromatic rings. The molecule has 30 heavy (non-hydrogen) atoms. The average molecular weight is 410 g/mol. The summed E-state index contributed by atoms with van der Waals surface area (Å²) < 4.78 is 14.7. The van der Waals surface area contributed by atoms with Crippen LogP contribution >= 0.6 is 0 Å². The molecule has 1 heterocycles. The van der Waals surface area contributed by atoms with E-state index in [-0.39, 0.29) is 18.6 Å². The number of hydrogen-bond acceptors (Lipinski definition) is 6. The van der Waals surface area contributed by atoms with Crippen molar-refractivity contribution in [3.8, 4) is 5.75 Å². The van der Waals surface area contributed by atoms with Crippen molar-refractivity contribution < 1.29 is 28.6 Å². The summed E-state index contributed by atoms with van der Waals surface area (Å²) in [4.78, 5) is 39.4. The van der Waals surface area contributed by atoms with Crippen LogP contribution < -0.4 is 10.1 Å². The summed E-state index contributed by atoms with van der Waals surface area (Å²) in [6, 6.07) is 13.1. The number of fused-ring (bicyclic) bond motifs is 1. The number of amides is 1. The molecule has 0 saturated carbocycles. The Kier molecular flexibility index (Phi) is 6.69. The highest BCUT2D eigenvalue weighted by Gasteiger charge is 2.24. The number of hydrogen-bond donors (Lipinski definition) is 2. The second kappa shape index (κ2) is 9.60. The van der Waals surface area contributed by atoms with Gasteiger partial charge in [-0.1, -0.05) is 24.3 Å². The van der Waals surface area contributed by atoms with Crippen LogP contribution in [-0.4, -0.2) is 49.7 Å². The Morgan fingerprint density at radius 2 is 1.83 bits per heavy atom. The molecule has 8 heteroatoms. The Morgan fingerprint density at radius 3 is 2.60 bits per heavy atom. The van der Waals surface area contributed by atoms with Gasteiger partial charge in [0.05, 0.1) is 14.2 Å². The molecule has 0 unspecified atom stereocenters. The number of para-hydroxylation sites is 1. The maximum atomic E-state index is 12.7. The van der Waals surface area contributed by atoms with Gasteiger partial charge in [-0.2, -0.15) is 0 Å².